The second-order valence-electron chi connectivity index (χ2n) is 7.91. The molecular weight excluding hydrogens is 434 g/mol. The topological polar surface area (TPSA) is 97.4 Å². The molecule has 0 aliphatic carbocycles. The molecule has 0 fully saturated rings. The van der Waals surface area contributed by atoms with Gasteiger partial charge in [0.05, 0.1) is 12.0 Å². The van der Waals surface area contributed by atoms with Crippen LogP contribution in [0, 0.1) is 0 Å². The monoisotopic (exact) mass is 459 g/mol. The van der Waals surface area contributed by atoms with Crippen LogP contribution in [0.2, 0.25) is 0 Å². The first kappa shape index (κ1) is 22.9. The van der Waals surface area contributed by atoms with Crippen molar-refractivity contribution in [1.29, 1.82) is 0 Å². The number of carbonyl (C=O) groups excluding carboxylic acids is 1. The number of hydrogen-bond acceptors (Lipinski definition) is 6. The summed E-state index contributed by atoms with van der Waals surface area (Å²) in [5, 5.41) is 5.16. The third-order valence-corrected chi connectivity index (χ3v) is 6.97. The molecule has 0 radical (unpaired) electrons. The molecular formula is C22H25N3O4S2. The van der Waals surface area contributed by atoms with Gasteiger partial charge in [0.25, 0.3) is 5.91 Å². The highest BCUT2D eigenvalue weighted by molar-refractivity contribution is 7.89. The van der Waals surface area contributed by atoms with Gasteiger partial charge in [0.15, 0.2) is 0 Å². The SMILES string of the molecule is COc1ccc(-c2nc(C(=O)NCc3ccccc3S(=O)(=O)NC(C)(C)C)cs2)cc1. The van der Waals surface area contributed by atoms with Crippen LogP contribution in [0.1, 0.15) is 36.8 Å². The Morgan fingerprint density at radius 1 is 1.10 bits per heavy atom. The third kappa shape index (κ3) is 5.90. The molecule has 31 heavy (non-hydrogen) atoms. The van der Waals surface area contributed by atoms with Gasteiger partial charge >= 0.3 is 0 Å². The number of benzene rings is 2. The maximum Gasteiger partial charge on any atom is 0.271 e. The van der Waals surface area contributed by atoms with Crippen molar-refractivity contribution in [1.82, 2.24) is 15.0 Å². The Morgan fingerprint density at radius 2 is 1.77 bits per heavy atom. The zero-order valence-electron chi connectivity index (χ0n) is 17.8. The lowest BCUT2D eigenvalue weighted by molar-refractivity contribution is 0.0946. The van der Waals surface area contributed by atoms with E-state index in [0.717, 1.165) is 11.3 Å². The number of rotatable bonds is 7. The minimum atomic E-state index is -3.72. The molecule has 0 saturated heterocycles. The number of thiazole rings is 1. The van der Waals surface area contributed by atoms with E-state index >= 15 is 0 Å². The average Bonchev–Trinajstić information content (AvgIpc) is 3.21. The van der Waals surface area contributed by atoms with Gasteiger partial charge in [0.2, 0.25) is 10.0 Å². The van der Waals surface area contributed by atoms with Crippen LogP contribution in [0.5, 0.6) is 5.75 Å². The largest absolute Gasteiger partial charge is 0.497 e. The Kier molecular flexibility index (Phi) is 6.78. The summed E-state index contributed by atoms with van der Waals surface area (Å²) in [6.45, 7) is 5.39. The highest BCUT2D eigenvalue weighted by atomic mass is 32.2. The molecule has 0 aliphatic heterocycles. The van der Waals surface area contributed by atoms with E-state index in [4.69, 9.17) is 4.74 Å². The van der Waals surface area contributed by atoms with Crippen molar-refractivity contribution in [2.24, 2.45) is 0 Å². The molecule has 0 atom stereocenters. The first-order valence-corrected chi connectivity index (χ1v) is 12.0. The number of methoxy groups -OCH3 is 1. The van der Waals surface area contributed by atoms with Gasteiger partial charge in [0, 0.05) is 23.0 Å². The van der Waals surface area contributed by atoms with Gasteiger partial charge in [-0.05, 0) is 56.7 Å². The number of aromatic nitrogens is 1. The van der Waals surface area contributed by atoms with E-state index in [2.05, 4.69) is 15.0 Å². The van der Waals surface area contributed by atoms with E-state index in [9.17, 15) is 13.2 Å². The van der Waals surface area contributed by atoms with Crippen molar-refractivity contribution in [2.45, 2.75) is 37.8 Å². The lowest BCUT2D eigenvalue weighted by atomic mass is 10.1. The van der Waals surface area contributed by atoms with Crippen molar-refractivity contribution >= 4 is 27.3 Å². The number of amides is 1. The van der Waals surface area contributed by atoms with Gasteiger partial charge in [-0.3, -0.25) is 4.79 Å². The van der Waals surface area contributed by atoms with Crippen LogP contribution in [0.25, 0.3) is 10.6 Å². The summed E-state index contributed by atoms with van der Waals surface area (Å²) in [5.41, 5.74) is 1.05. The fourth-order valence-corrected chi connectivity index (χ4v) is 5.35. The standard InChI is InChI=1S/C22H25N3O4S2/c1-22(2,3)25-31(27,28)19-8-6-5-7-16(19)13-23-20(26)18-14-30-21(24-18)15-9-11-17(29-4)12-10-15/h5-12,14,25H,13H2,1-4H3,(H,23,26). The van der Waals surface area contributed by atoms with Gasteiger partial charge in [-0.1, -0.05) is 18.2 Å². The van der Waals surface area contributed by atoms with Crippen LogP contribution in [-0.4, -0.2) is 32.0 Å². The third-order valence-electron chi connectivity index (χ3n) is 4.22. The maximum absolute atomic E-state index is 12.7. The smallest absolute Gasteiger partial charge is 0.271 e. The van der Waals surface area contributed by atoms with Crippen molar-refractivity contribution in [2.75, 3.05) is 7.11 Å². The Balaban J connectivity index is 1.73. The molecule has 164 valence electrons. The molecule has 0 unspecified atom stereocenters. The summed E-state index contributed by atoms with van der Waals surface area (Å²) in [7, 11) is -2.12. The van der Waals surface area contributed by atoms with Gasteiger partial charge in [-0.25, -0.2) is 18.1 Å². The molecule has 0 aliphatic rings. The van der Waals surface area contributed by atoms with Gasteiger partial charge in [0.1, 0.15) is 16.5 Å². The summed E-state index contributed by atoms with van der Waals surface area (Å²) < 4.78 is 33.3. The van der Waals surface area contributed by atoms with Crippen LogP contribution >= 0.6 is 11.3 Å². The summed E-state index contributed by atoms with van der Waals surface area (Å²) in [4.78, 5) is 17.1. The van der Waals surface area contributed by atoms with Crippen LogP contribution in [-0.2, 0) is 16.6 Å². The second kappa shape index (κ2) is 9.17. The molecule has 2 aromatic carbocycles. The maximum atomic E-state index is 12.7. The van der Waals surface area contributed by atoms with Crippen LogP contribution in [0.3, 0.4) is 0 Å². The van der Waals surface area contributed by atoms with E-state index < -0.39 is 15.6 Å². The van der Waals surface area contributed by atoms with E-state index in [-0.39, 0.29) is 23.0 Å². The van der Waals surface area contributed by atoms with Gasteiger partial charge < -0.3 is 10.1 Å². The average molecular weight is 460 g/mol. The highest BCUT2D eigenvalue weighted by Gasteiger charge is 2.24. The molecule has 3 rings (SSSR count). The van der Waals surface area contributed by atoms with Gasteiger partial charge in [-0.2, -0.15) is 0 Å². The number of hydrogen-bond donors (Lipinski definition) is 2. The van der Waals surface area contributed by atoms with E-state index in [0.29, 0.717) is 10.6 Å². The summed E-state index contributed by atoms with van der Waals surface area (Å²) in [6.07, 6.45) is 0. The quantitative estimate of drug-likeness (QED) is 0.560. The van der Waals surface area contributed by atoms with E-state index in [1.165, 1.54) is 17.4 Å². The van der Waals surface area contributed by atoms with E-state index in [1.54, 1.807) is 51.5 Å². The van der Waals surface area contributed by atoms with Crippen LogP contribution in [0.4, 0.5) is 0 Å². The summed E-state index contributed by atoms with van der Waals surface area (Å²) in [6, 6.07) is 14.0. The Labute approximate surface area is 186 Å². The van der Waals surface area contributed by atoms with Gasteiger partial charge in [-0.15, -0.1) is 11.3 Å². The lowest BCUT2D eigenvalue weighted by Crippen LogP contribution is -2.41. The molecule has 0 saturated carbocycles. The number of ether oxygens (including phenoxy) is 1. The fourth-order valence-electron chi connectivity index (χ4n) is 2.88. The molecule has 1 amide bonds. The molecule has 1 aromatic heterocycles. The molecule has 9 heteroatoms. The minimum Gasteiger partial charge on any atom is -0.497 e. The molecule has 3 aromatic rings. The van der Waals surface area contributed by atoms with Crippen LogP contribution < -0.4 is 14.8 Å². The van der Waals surface area contributed by atoms with Crippen molar-refractivity contribution in [3.05, 3.63) is 65.2 Å². The predicted octanol–water partition coefficient (Wildman–Crippen LogP) is 3.83. The van der Waals surface area contributed by atoms with Crippen LogP contribution in [0.15, 0.2) is 58.8 Å². The van der Waals surface area contributed by atoms with Crippen molar-refractivity contribution < 1.29 is 17.9 Å². The number of nitrogens with one attached hydrogen (secondary N) is 2. The second-order valence-corrected chi connectivity index (χ2v) is 10.4. The predicted molar refractivity (Wildman–Crippen MR) is 122 cm³/mol. The molecule has 1 heterocycles. The molecule has 0 bridgehead atoms. The fraction of sp³-hybridized carbons (Fsp3) is 0.273. The number of nitrogens with zero attached hydrogens (tertiary/aromatic N) is 1. The highest BCUT2D eigenvalue weighted by Crippen LogP contribution is 2.26. The molecule has 0 spiro atoms. The Hall–Kier alpha value is -2.75. The number of carbonyl (C=O) groups is 1. The molecule has 7 nitrogen and oxygen atoms in total. The molecule has 2 N–H and O–H groups in total. The first-order chi connectivity index (χ1) is 14.6. The normalized spacial score (nSPS) is 11.9. The summed E-state index contributed by atoms with van der Waals surface area (Å²) in [5.74, 6) is 0.375. The number of sulfonamides is 1. The zero-order valence-corrected chi connectivity index (χ0v) is 19.4. The lowest BCUT2D eigenvalue weighted by Gasteiger charge is -2.21. The van der Waals surface area contributed by atoms with E-state index in [1.807, 2.05) is 24.3 Å². The first-order valence-electron chi connectivity index (χ1n) is 9.59. The summed E-state index contributed by atoms with van der Waals surface area (Å²) >= 11 is 1.36. The van der Waals surface area contributed by atoms with Crippen molar-refractivity contribution in [3.63, 3.8) is 0 Å². The van der Waals surface area contributed by atoms with Crippen molar-refractivity contribution in [3.8, 4) is 16.3 Å². The Morgan fingerprint density at radius 3 is 2.42 bits per heavy atom. The Bertz CT molecular complexity index is 1160. The zero-order chi connectivity index (χ0) is 22.6. The minimum absolute atomic E-state index is 0.0649.